The summed E-state index contributed by atoms with van der Waals surface area (Å²) in [6, 6.07) is 2.18. The van der Waals surface area contributed by atoms with Gasteiger partial charge in [-0.3, -0.25) is 0 Å². The van der Waals surface area contributed by atoms with E-state index in [0.29, 0.717) is 5.54 Å². The van der Waals surface area contributed by atoms with Gasteiger partial charge in [-0.15, -0.1) is 0 Å². The SMILES string of the molecule is Cc1cnc2c(c1)NCCC1(CCCC1)N2. The van der Waals surface area contributed by atoms with E-state index in [2.05, 4.69) is 28.6 Å². The van der Waals surface area contributed by atoms with Gasteiger partial charge in [0.2, 0.25) is 0 Å². The van der Waals surface area contributed by atoms with Crippen molar-refractivity contribution in [2.45, 2.75) is 44.6 Å². The first-order valence-corrected chi connectivity index (χ1v) is 6.26. The minimum Gasteiger partial charge on any atom is -0.382 e. The molecule has 2 aliphatic rings. The highest BCUT2D eigenvalue weighted by molar-refractivity contribution is 5.67. The monoisotopic (exact) mass is 217 g/mol. The van der Waals surface area contributed by atoms with Crippen LogP contribution < -0.4 is 10.6 Å². The van der Waals surface area contributed by atoms with Crippen molar-refractivity contribution in [2.24, 2.45) is 0 Å². The van der Waals surface area contributed by atoms with E-state index < -0.39 is 0 Å². The van der Waals surface area contributed by atoms with Gasteiger partial charge >= 0.3 is 0 Å². The van der Waals surface area contributed by atoms with E-state index in [9.17, 15) is 0 Å². The summed E-state index contributed by atoms with van der Waals surface area (Å²) in [6.45, 7) is 3.15. The molecule has 1 aromatic rings. The summed E-state index contributed by atoms with van der Waals surface area (Å²) in [5, 5.41) is 7.18. The highest BCUT2D eigenvalue weighted by Crippen LogP contribution is 2.39. The maximum Gasteiger partial charge on any atom is 0.149 e. The summed E-state index contributed by atoms with van der Waals surface area (Å²) >= 11 is 0. The van der Waals surface area contributed by atoms with Gasteiger partial charge in [-0.2, -0.15) is 0 Å². The number of nitrogens with zero attached hydrogens (tertiary/aromatic N) is 1. The molecule has 1 spiro atoms. The second kappa shape index (κ2) is 3.65. The predicted octanol–water partition coefficient (Wildman–Crippen LogP) is 2.93. The lowest BCUT2D eigenvalue weighted by molar-refractivity contribution is 0.459. The smallest absolute Gasteiger partial charge is 0.149 e. The van der Waals surface area contributed by atoms with Crippen molar-refractivity contribution < 1.29 is 0 Å². The molecule has 0 bridgehead atoms. The van der Waals surface area contributed by atoms with Crippen LogP contribution in [0.15, 0.2) is 12.3 Å². The third kappa shape index (κ3) is 1.64. The zero-order valence-electron chi connectivity index (χ0n) is 9.84. The van der Waals surface area contributed by atoms with Crippen LogP contribution in [0.1, 0.15) is 37.7 Å². The molecule has 86 valence electrons. The minimum atomic E-state index is 0.320. The molecule has 0 unspecified atom stereocenters. The van der Waals surface area contributed by atoms with E-state index >= 15 is 0 Å². The number of aryl methyl sites for hydroxylation is 1. The third-order valence-electron chi connectivity index (χ3n) is 3.89. The Morgan fingerprint density at radius 2 is 2.06 bits per heavy atom. The van der Waals surface area contributed by atoms with Gasteiger partial charge in [-0.1, -0.05) is 12.8 Å². The van der Waals surface area contributed by atoms with Crippen molar-refractivity contribution in [3.8, 4) is 0 Å². The zero-order chi connectivity index (χ0) is 11.0. The van der Waals surface area contributed by atoms with E-state index in [-0.39, 0.29) is 0 Å². The van der Waals surface area contributed by atoms with Gasteiger partial charge < -0.3 is 10.6 Å². The molecule has 0 aromatic carbocycles. The molecule has 0 saturated heterocycles. The van der Waals surface area contributed by atoms with E-state index in [1.54, 1.807) is 0 Å². The van der Waals surface area contributed by atoms with Crippen LogP contribution in [0.25, 0.3) is 0 Å². The van der Waals surface area contributed by atoms with Gasteiger partial charge in [-0.05, 0) is 37.8 Å². The van der Waals surface area contributed by atoms with Crippen molar-refractivity contribution in [3.63, 3.8) is 0 Å². The van der Waals surface area contributed by atoms with Gasteiger partial charge in [0.05, 0.1) is 5.69 Å². The third-order valence-corrected chi connectivity index (χ3v) is 3.89. The molecule has 0 amide bonds. The first-order valence-electron chi connectivity index (χ1n) is 6.26. The normalized spacial score (nSPS) is 22.1. The zero-order valence-corrected chi connectivity index (χ0v) is 9.84. The summed E-state index contributed by atoms with van der Waals surface area (Å²) in [5.41, 5.74) is 2.71. The van der Waals surface area contributed by atoms with Crippen molar-refractivity contribution in [1.29, 1.82) is 0 Å². The lowest BCUT2D eigenvalue weighted by Gasteiger charge is -2.28. The van der Waals surface area contributed by atoms with E-state index in [4.69, 9.17) is 0 Å². The molecule has 1 fully saturated rings. The quantitative estimate of drug-likeness (QED) is 0.701. The molecular formula is C13H19N3. The van der Waals surface area contributed by atoms with Crippen LogP contribution in [-0.2, 0) is 0 Å². The molecule has 0 radical (unpaired) electrons. The Hall–Kier alpha value is -1.25. The van der Waals surface area contributed by atoms with E-state index in [1.165, 1.54) is 43.4 Å². The number of hydrogen-bond donors (Lipinski definition) is 2. The standard InChI is InChI=1S/C13H19N3/c1-10-8-11-12(15-9-10)16-13(6-7-14-11)4-2-3-5-13/h8-9,14H,2-7H2,1H3,(H,15,16). The van der Waals surface area contributed by atoms with Crippen molar-refractivity contribution >= 4 is 11.5 Å². The molecule has 0 atom stereocenters. The first kappa shape index (κ1) is 9.94. The Balaban J connectivity index is 1.94. The molecule has 1 aliphatic carbocycles. The van der Waals surface area contributed by atoms with Crippen molar-refractivity contribution in [2.75, 3.05) is 17.2 Å². The van der Waals surface area contributed by atoms with Gasteiger partial charge in [0, 0.05) is 18.3 Å². The van der Waals surface area contributed by atoms with Crippen LogP contribution in [0.4, 0.5) is 11.5 Å². The van der Waals surface area contributed by atoms with Crippen LogP contribution in [0.5, 0.6) is 0 Å². The molecular weight excluding hydrogens is 198 g/mol. The Bertz CT molecular complexity index is 394. The first-order chi connectivity index (χ1) is 7.77. The second-order valence-electron chi connectivity index (χ2n) is 5.20. The van der Waals surface area contributed by atoms with Crippen molar-refractivity contribution in [3.05, 3.63) is 17.8 Å². The molecule has 2 N–H and O–H groups in total. The fourth-order valence-electron chi connectivity index (χ4n) is 2.98. The summed E-state index contributed by atoms with van der Waals surface area (Å²) < 4.78 is 0. The molecule has 3 nitrogen and oxygen atoms in total. The number of rotatable bonds is 0. The number of hydrogen-bond acceptors (Lipinski definition) is 3. The average molecular weight is 217 g/mol. The number of fused-ring (bicyclic) bond motifs is 1. The van der Waals surface area contributed by atoms with E-state index in [1.807, 2.05) is 6.20 Å². The van der Waals surface area contributed by atoms with Crippen LogP contribution in [-0.4, -0.2) is 17.1 Å². The number of anilines is 2. The van der Waals surface area contributed by atoms with Crippen LogP contribution >= 0.6 is 0 Å². The fourth-order valence-corrected chi connectivity index (χ4v) is 2.98. The summed E-state index contributed by atoms with van der Waals surface area (Å²) in [5.74, 6) is 1.05. The lowest BCUT2D eigenvalue weighted by Crippen LogP contribution is -2.35. The Morgan fingerprint density at radius 1 is 1.25 bits per heavy atom. The second-order valence-corrected chi connectivity index (χ2v) is 5.20. The molecule has 2 heterocycles. The fraction of sp³-hybridized carbons (Fsp3) is 0.615. The van der Waals surface area contributed by atoms with E-state index in [0.717, 1.165) is 12.4 Å². The van der Waals surface area contributed by atoms with Crippen molar-refractivity contribution in [1.82, 2.24) is 4.98 Å². The maximum atomic E-state index is 4.52. The minimum absolute atomic E-state index is 0.320. The number of nitrogens with one attached hydrogen (secondary N) is 2. The van der Waals surface area contributed by atoms with Crippen LogP contribution in [0.2, 0.25) is 0 Å². The summed E-state index contributed by atoms with van der Waals surface area (Å²) in [4.78, 5) is 4.52. The van der Waals surface area contributed by atoms with Crippen LogP contribution in [0, 0.1) is 6.92 Å². The van der Waals surface area contributed by atoms with Gasteiger partial charge in [-0.25, -0.2) is 4.98 Å². The van der Waals surface area contributed by atoms with Gasteiger partial charge in [0.15, 0.2) is 0 Å². The topological polar surface area (TPSA) is 37.0 Å². The molecule has 1 aliphatic heterocycles. The van der Waals surface area contributed by atoms with Crippen LogP contribution in [0.3, 0.4) is 0 Å². The maximum absolute atomic E-state index is 4.52. The molecule has 3 heteroatoms. The summed E-state index contributed by atoms with van der Waals surface area (Å²) in [6.07, 6.45) is 8.46. The molecule has 1 aromatic heterocycles. The molecule has 3 rings (SSSR count). The number of aromatic nitrogens is 1. The Kier molecular flexibility index (Phi) is 2.27. The largest absolute Gasteiger partial charge is 0.382 e. The lowest BCUT2D eigenvalue weighted by atomic mass is 9.93. The average Bonchev–Trinajstić information content (AvgIpc) is 2.62. The predicted molar refractivity (Wildman–Crippen MR) is 66.9 cm³/mol. The molecule has 16 heavy (non-hydrogen) atoms. The Morgan fingerprint density at radius 3 is 2.88 bits per heavy atom. The summed E-state index contributed by atoms with van der Waals surface area (Å²) in [7, 11) is 0. The van der Waals surface area contributed by atoms with Gasteiger partial charge in [0.25, 0.3) is 0 Å². The highest BCUT2D eigenvalue weighted by Gasteiger charge is 2.35. The Labute approximate surface area is 96.7 Å². The molecule has 1 saturated carbocycles. The number of pyridine rings is 1. The van der Waals surface area contributed by atoms with Gasteiger partial charge in [0.1, 0.15) is 5.82 Å². The highest BCUT2D eigenvalue weighted by atomic mass is 15.1.